The second kappa shape index (κ2) is 9.16. The standard InChI is InChI=1S/C19H23BrN2OS/c1-4-11-22(12-15-9-10-18(20)24-15)13-19(23)21-17-8-6-5-7-16(17)14(2)3/h4-10,14H,1,11-13H2,2-3H3,(H,21,23). The van der Waals surface area contributed by atoms with Crippen molar-refractivity contribution in [3.8, 4) is 0 Å². The lowest BCUT2D eigenvalue weighted by atomic mass is 10.0. The number of hydrogen-bond donors (Lipinski definition) is 1. The van der Waals surface area contributed by atoms with Gasteiger partial charge in [-0.05, 0) is 45.6 Å². The summed E-state index contributed by atoms with van der Waals surface area (Å²) in [6, 6.07) is 12.1. The summed E-state index contributed by atoms with van der Waals surface area (Å²) in [6.07, 6.45) is 1.83. The van der Waals surface area contributed by atoms with Crippen LogP contribution in [-0.2, 0) is 11.3 Å². The second-order valence-corrected chi connectivity index (χ2v) is 8.50. The Morgan fingerprint density at radius 1 is 1.33 bits per heavy atom. The number of carbonyl (C=O) groups excluding carboxylic acids is 1. The minimum absolute atomic E-state index is 0.000529. The van der Waals surface area contributed by atoms with Gasteiger partial charge in [-0.2, -0.15) is 0 Å². The number of halogens is 1. The number of benzene rings is 1. The Balaban J connectivity index is 2.01. The zero-order chi connectivity index (χ0) is 17.5. The van der Waals surface area contributed by atoms with Crippen LogP contribution >= 0.6 is 27.3 Å². The summed E-state index contributed by atoms with van der Waals surface area (Å²) in [5.41, 5.74) is 2.05. The molecule has 0 unspecified atom stereocenters. The monoisotopic (exact) mass is 406 g/mol. The van der Waals surface area contributed by atoms with Crippen LogP contribution < -0.4 is 5.32 Å². The van der Waals surface area contributed by atoms with Gasteiger partial charge < -0.3 is 5.32 Å². The largest absolute Gasteiger partial charge is 0.325 e. The Bertz CT molecular complexity index is 696. The molecule has 0 bridgehead atoms. The molecule has 3 nitrogen and oxygen atoms in total. The highest BCUT2D eigenvalue weighted by molar-refractivity contribution is 9.11. The van der Waals surface area contributed by atoms with E-state index in [4.69, 9.17) is 0 Å². The zero-order valence-corrected chi connectivity index (χ0v) is 16.5. The Morgan fingerprint density at radius 2 is 2.08 bits per heavy atom. The van der Waals surface area contributed by atoms with Crippen molar-refractivity contribution in [2.75, 3.05) is 18.4 Å². The van der Waals surface area contributed by atoms with Gasteiger partial charge in [0.25, 0.3) is 0 Å². The molecule has 1 amide bonds. The van der Waals surface area contributed by atoms with Gasteiger partial charge in [-0.15, -0.1) is 17.9 Å². The van der Waals surface area contributed by atoms with Gasteiger partial charge in [0, 0.05) is 23.7 Å². The molecule has 24 heavy (non-hydrogen) atoms. The Morgan fingerprint density at radius 3 is 2.71 bits per heavy atom. The summed E-state index contributed by atoms with van der Waals surface area (Å²) in [5.74, 6) is 0.370. The molecule has 0 saturated heterocycles. The molecule has 2 rings (SSSR count). The van der Waals surface area contributed by atoms with Crippen LogP contribution in [0.4, 0.5) is 5.69 Å². The molecule has 1 aromatic heterocycles. The van der Waals surface area contributed by atoms with E-state index in [2.05, 4.69) is 58.7 Å². The molecule has 0 spiro atoms. The van der Waals surface area contributed by atoms with E-state index >= 15 is 0 Å². The lowest BCUT2D eigenvalue weighted by Gasteiger charge is -2.20. The highest BCUT2D eigenvalue weighted by Gasteiger charge is 2.13. The van der Waals surface area contributed by atoms with E-state index in [1.807, 2.05) is 30.3 Å². The summed E-state index contributed by atoms with van der Waals surface area (Å²) in [4.78, 5) is 15.8. The predicted octanol–water partition coefficient (Wildman–Crippen LogP) is 5.26. The summed E-state index contributed by atoms with van der Waals surface area (Å²) < 4.78 is 1.10. The molecule has 128 valence electrons. The molecule has 5 heteroatoms. The molecule has 1 heterocycles. The molecule has 0 aliphatic rings. The Labute approximate surface area is 156 Å². The van der Waals surface area contributed by atoms with E-state index in [1.165, 1.54) is 4.88 Å². The predicted molar refractivity (Wildman–Crippen MR) is 107 cm³/mol. The van der Waals surface area contributed by atoms with Gasteiger partial charge >= 0.3 is 0 Å². The number of amides is 1. The first-order valence-corrected chi connectivity index (χ1v) is 9.56. The fourth-order valence-electron chi connectivity index (χ4n) is 2.53. The summed E-state index contributed by atoms with van der Waals surface area (Å²) >= 11 is 5.17. The van der Waals surface area contributed by atoms with Crippen LogP contribution in [0.5, 0.6) is 0 Å². The molecular weight excluding hydrogens is 384 g/mol. The van der Waals surface area contributed by atoms with Crippen molar-refractivity contribution >= 4 is 38.9 Å². The van der Waals surface area contributed by atoms with Crippen molar-refractivity contribution in [2.24, 2.45) is 0 Å². The SMILES string of the molecule is C=CCN(CC(=O)Nc1ccccc1C(C)C)Cc1ccc(Br)s1. The number of para-hydroxylation sites is 1. The van der Waals surface area contributed by atoms with E-state index in [-0.39, 0.29) is 5.91 Å². The van der Waals surface area contributed by atoms with Crippen molar-refractivity contribution in [3.05, 3.63) is 63.3 Å². The number of carbonyl (C=O) groups is 1. The van der Waals surface area contributed by atoms with Gasteiger partial charge in [0.2, 0.25) is 5.91 Å². The van der Waals surface area contributed by atoms with Crippen molar-refractivity contribution < 1.29 is 4.79 Å². The van der Waals surface area contributed by atoms with Crippen molar-refractivity contribution in [2.45, 2.75) is 26.3 Å². The number of anilines is 1. The van der Waals surface area contributed by atoms with Crippen molar-refractivity contribution in [1.82, 2.24) is 4.90 Å². The van der Waals surface area contributed by atoms with Gasteiger partial charge in [0.1, 0.15) is 0 Å². The van der Waals surface area contributed by atoms with Gasteiger partial charge in [-0.25, -0.2) is 0 Å². The third kappa shape index (κ3) is 5.58. The van der Waals surface area contributed by atoms with Gasteiger partial charge in [-0.3, -0.25) is 9.69 Å². The average Bonchev–Trinajstić information content (AvgIpc) is 2.92. The molecule has 2 aromatic rings. The first-order chi connectivity index (χ1) is 11.5. The second-order valence-electron chi connectivity index (χ2n) is 5.95. The summed E-state index contributed by atoms with van der Waals surface area (Å²) in [6.45, 7) is 9.81. The molecule has 0 fully saturated rings. The number of nitrogens with one attached hydrogen (secondary N) is 1. The van der Waals surface area contributed by atoms with Gasteiger partial charge in [0.15, 0.2) is 0 Å². The minimum Gasteiger partial charge on any atom is -0.325 e. The van der Waals surface area contributed by atoms with Crippen LogP contribution in [0, 0.1) is 0 Å². The molecular formula is C19H23BrN2OS. The molecule has 0 radical (unpaired) electrons. The highest BCUT2D eigenvalue weighted by atomic mass is 79.9. The van der Waals surface area contributed by atoms with Gasteiger partial charge in [0.05, 0.1) is 10.3 Å². The molecule has 0 saturated carbocycles. The van der Waals surface area contributed by atoms with Crippen molar-refractivity contribution in [1.29, 1.82) is 0 Å². The van der Waals surface area contributed by atoms with Crippen molar-refractivity contribution in [3.63, 3.8) is 0 Å². The Kier molecular flexibility index (Phi) is 7.21. The third-order valence-electron chi connectivity index (χ3n) is 3.62. The van der Waals surface area contributed by atoms with E-state index < -0.39 is 0 Å². The topological polar surface area (TPSA) is 32.3 Å². The quantitative estimate of drug-likeness (QED) is 0.606. The van der Waals surface area contributed by atoms with Crippen LogP contribution in [0.2, 0.25) is 0 Å². The van der Waals surface area contributed by atoms with Crippen LogP contribution in [-0.4, -0.2) is 23.9 Å². The fourth-order valence-corrected chi connectivity index (χ4v) is 4.06. The van der Waals surface area contributed by atoms with E-state index in [1.54, 1.807) is 11.3 Å². The maximum atomic E-state index is 12.5. The van der Waals surface area contributed by atoms with E-state index in [0.29, 0.717) is 19.0 Å². The first-order valence-electron chi connectivity index (χ1n) is 7.96. The van der Waals surface area contributed by atoms with Crippen LogP contribution in [0.25, 0.3) is 0 Å². The maximum absolute atomic E-state index is 12.5. The Hall–Kier alpha value is -1.43. The number of hydrogen-bond acceptors (Lipinski definition) is 3. The van der Waals surface area contributed by atoms with Crippen LogP contribution in [0.3, 0.4) is 0 Å². The van der Waals surface area contributed by atoms with E-state index in [9.17, 15) is 4.79 Å². The molecule has 0 atom stereocenters. The number of thiophene rings is 1. The smallest absolute Gasteiger partial charge is 0.238 e. The molecule has 1 aromatic carbocycles. The number of nitrogens with zero attached hydrogens (tertiary/aromatic N) is 1. The van der Waals surface area contributed by atoms with E-state index in [0.717, 1.165) is 21.6 Å². The zero-order valence-electron chi connectivity index (χ0n) is 14.1. The minimum atomic E-state index is 0.000529. The summed E-state index contributed by atoms with van der Waals surface area (Å²) in [5, 5.41) is 3.05. The normalized spacial score (nSPS) is 11.0. The third-order valence-corrected chi connectivity index (χ3v) is 5.23. The maximum Gasteiger partial charge on any atom is 0.238 e. The van der Waals surface area contributed by atoms with Gasteiger partial charge in [-0.1, -0.05) is 38.1 Å². The molecule has 0 aliphatic heterocycles. The highest BCUT2D eigenvalue weighted by Crippen LogP contribution is 2.24. The summed E-state index contributed by atoms with van der Waals surface area (Å²) in [7, 11) is 0. The van der Waals surface area contributed by atoms with Crippen LogP contribution in [0.15, 0.2) is 52.8 Å². The van der Waals surface area contributed by atoms with Crippen LogP contribution in [0.1, 0.15) is 30.2 Å². The number of rotatable bonds is 8. The lowest BCUT2D eigenvalue weighted by Crippen LogP contribution is -2.33. The molecule has 0 aliphatic carbocycles. The fraction of sp³-hybridized carbons (Fsp3) is 0.316. The molecule has 1 N–H and O–H groups in total. The lowest BCUT2D eigenvalue weighted by molar-refractivity contribution is -0.117. The first kappa shape index (κ1) is 18.9. The average molecular weight is 407 g/mol.